The van der Waals surface area contributed by atoms with Gasteiger partial charge in [0.1, 0.15) is 0 Å². The fourth-order valence-corrected chi connectivity index (χ4v) is 2.77. The number of fused-ring (bicyclic) bond motifs is 1. The summed E-state index contributed by atoms with van der Waals surface area (Å²) >= 11 is 11.1. The topological polar surface area (TPSA) is 17.1 Å². The average Bonchev–Trinajstić information content (AvgIpc) is 2.25. The summed E-state index contributed by atoms with van der Waals surface area (Å²) in [4.78, 5) is 0. The molecule has 84 valence electrons. The van der Waals surface area contributed by atoms with Crippen LogP contribution in [-0.2, 0) is 11.0 Å². The van der Waals surface area contributed by atoms with Gasteiger partial charge in [0.2, 0.25) is 0 Å². The van der Waals surface area contributed by atoms with Gasteiger partial charge in [-0.1, -0.05) is 42.5 Å². The molecule has 0 aliphatic carbocycles. The van der Waals surface area contributed by atoms with Crippen LogP contribution in [0, 0.1) is 0 Å². The van der Waals surface area contributed by atoms with Crippen LogP contribution in [0.5, 0.6) is 0 Å². The van der Waals surface area contributed by atoms with Crippen molar-refractivity contribution in [1.29, 1.82) is 0 Å². The molecule has 0 aliphatic rings. The lowest BCUT2D eigenvalue weighted by molar-refractivity contribution is 0.592. The first kappa shape index (κ1) is 12.0. The van der Waals surface area contributed by atoms with Crippen molar-refractivity contribution in [2.24, 2.45) is 0 Å². The molecule has 0 saturated carbocycles. The quantitative estimate of drug-likeness (QED) is 0.715. The van der Waals surface area contributed by atoms with Gasteiger partial charge in [0.15, 0.2) is 0 Å². The maximum atomic E-state index is 11.3. The monoisotopic (exact) mass is 272 g/mol. The summed E-state index contributed by atoms with van der Waals surface area (Å²) in [5, 5.41) is 2.35. The highest BCUT2D eigenvalue weighted by molar-refractivity contribution is 8.08. The first-order chi connectivity index (χ1) is 7.56. The third-order valence-electron chi connectivity index (χ3n) is 2.52. The number of benzene rings is 2. The van der Waals surface area contributed by atoms with E-state index < -0.39 is 5.85 Å². The molecule has 0 atom stereocenters. The standard InChI is InChI=1S/C12H11Cl2OP/c13-16(14,15)9-8-11-6-3-5-10-4-1-2-7-12(10)11/h1-7H,8-9H2. The second kappa shape index (κ2) is 4.79. The molecular weight excluding hydrogens is 262 g/mol. The van der Waals surface area contributed by atoms with E-state index in [1.54, 1.807) is 0 Å². The molecule has 0 saturated heterocycles. The zero-order valence-electron chi connectivity index (χ0n) is 8.57. The molecule has 0 aromatic heterocycles. The average molecular weight is 273 g/mol. The molecule has 16 heavy (non-hydrogen) atoms. The Morgan fingerprint density at radius 3 is 2.44 bits per heavy atom. The molecule has 0 spiro atoms. The Morgan fingerprint density at radius 1 is 1.00 bits per heavy atom. The molecule has 0 N–H and O–H groups in total. The SMILES string of the molecule is O=P(Cl)(Cl)CCc1cccc2ccccc12. The summed E-state index contributed by atoms with van der Waals surface area (Å²) in [6.45, 7) is 0. The highest BCUT2D eigenvalue weighted by atomic mass is 35.9. The minimum Gasteiger partial charge on any atom is -0.289 e. The zero-order chi connectivity index (χ0) is 11.6. The minimum absolute atomic E-state index is 0.324. The lowest BCUT2D eigenvalue weighted by Gasteiger charge is -2.06. The van der Waals surface area contributed by atoms with Crippen LogP contribution < -0.4 is 0 Å². The molecular formula is C12H11Cl2OP. The largest absolute Gasteiger partial charge is 0.289 e. The van der Waals surface area contributed by atoms with Gasteiger partial charge in [0, 0.05) is 6.16 Å². The molecule has 2 rings (SSSR count). The van der Waals surface area contributed by atoms with Crippen molar-refractivity contribution < 1.29 is 4.57 Å². The lowest BCUT2D eigenvalue weighted by atomic mass is 10.0. The molecule has 2 aromatic carbocycles. The minimum atomic E-state index is -2.96. The van der Waals surface area contributed by atoms with Crippen molar-refractivity contribution in [3.63, 3.8) is 0 Å². The predicted molar refractivity (Wildman–Crippen MR) is 71.8 cm³/mol. The van der Waals surface area contributed by atoms with Gasteiger partial charge in [0.25, 0.3) is 5.85 Å². The first-order valence-electron chi connectivity index (χ1n) is 5.01. The third kappa shape index (κ3) is 3.01. The van der Waals surface area contributed by atoms with Gasteiger partial charge in [-0.05, 0) is 45.2 Å². The van der Waals surface area contributed by atoms with Gasteiger partial charge >= 0.3 is 0 Å². The highest BCUT2D eigenvalue weighted by Gasteiger charge is 2.13. The van der Waals surface area contributed by atoms with E-state index >= 15 is 0 Å². The summed E-state index contributed by atoms with van der Waals surface area (Å²) < 4.78 is 11.3. The molecule has 0 radical (unpaired) electrons. The van der Waals surface area contributed by atoms with Crippen LogP contribution in [0.15, 0.2) is 42.5 Å². The molecule has 0 bridgehead atoms. The van der Waals surface area contributed by atoms with Crippen molar-refractivity contribution in [3.05, 3.63) is 48.0 Å². The Bertz CT molecular complexity index is 542. The second-order valence-electron chi connectivity index (χ2n) is 3.68. The van der Waals surface area contributed by atoms with E-state index in [2.05, 4.69) is 18.2 Å². The van der Waals surface area contributed by atoms with Crippen molar-refractivity contribution in [2.75, 3.05) is 6.16 Å². The van der Waals surface area contributed by atoms with Crippen molar-refractivity contribution in [1.82, 2.24) is 0 Å². The highest BCUT2D eigenvalue weighted by Crippen LogP contribution is 2.56. The molecule has 4 heteroatoms. The fraction of sp³-hybridized carbons (Fsp3) is 0.167. The molecule has 0 heterocycles. The summed E-state index contributed by atoms with van der Waals surface area (Å²) in [5.74, 6) is -2.96. The van der Waals surface area contributed by atoms with E-state index in [4.69, 9.17) is 22.5 Å². The van der Waals surface area contributed by atoms with Crippen molar-refractivity contribution in [3.8, 4) is 0 Å². The third-order valence-corrected chi connectivity index (χ3v) is 4.28. The van der Waals surface area contributed by atoms with Crippen molar-refractivity contribution in [2.45, 2.75) is 6.42 Å². The van der Waals surface area contributed by atoms with Crippen LogP contribution in [0.1, 0.15) is 5.56 Å². The molecule has 0 amide bonds. The van der Waals surface area contributed by atoms with Crippen LogP contribution in [-0.4, -0.2) is 6.16 Å². The molecule has 0 unspecified atom stereocenters. The first-order valence-corrected chi connectivity index (χ1v) is 8.71. The molecule has 1 nitrogen and oxygen atoms in total. The number of hydrogen-bond donors (Lipinski definition) is 0. The van der Waals surface area contributed by atoms with E-state index in [9.17, 15) is 4.57 Å². The summed E-state index contributed by atoms with van der Waals surface area (Å²) in [5.41, 5.74) is 1.14. The molecule has 0 fully saturated rings. The van der Waals surface area contributed by atoms with Gasteiger partial charge in [-0.3, -0.25) is 4.57 Å². The number of rotatable bonds is 3. The maximum absolute atomic E-state index is 11.3. The van der Waals surface area contributed by atoms with Crippen LogP contribution in [0.4, 0.5) is 0 Å². The summed E-state index contributed by atoms with van der Waals surface area (Å²) in [6, 6.07) is 14.2. The lowest BCUT2D eigenvalue weighted by Crippen LogP contribution is -1.90. The van der Waals surface area contributed by atoms with Gasteiger partial charge in [-0.15, -0.1) is 0 Å². The van der Waals surface area contributed by atoms with Crippen LogP contribution in [0.2, 0.25) is 0 Å². The van der Waals surface area contributed by atoms with Gasteiger partial charge in [-0.2, -0.15) is 0 Å². The van der Waals surface area contributed by atoms with E-state index in [0.29, 0.717) is 12.6 Å². The van der Waals surface area contributed by atoms with Crippen LogP contribution in [0.3, 0.4) is 0 Å². The second-order valence-corrected chi connectivity index (χ2v) is 9.06. The number of hydrogen-bond acceptors (Lipinski definition) is 1. The van der Waals surface area contributed by atoms with Crippen molar-refractivity contribution >= 4 is 39.1 Å². The van der Waals surface area contributed by atoms with E-state index in [0.717, 1.165) is 5.56 Å². The smallest absolute Gasteiger partial charge is 0.253 e. The number of halogens is 2. The van der Waals surface area contributed by atoms with Gasteiger partial charge in [-0.25, -0.2) is 0 Å². The number of aryl methyl sites for hydroxylation is 1. The van der Waals surface area contributed by atoms with E-state index in [1.807, 2.05) is 24.3 Å². The van der Waals surface area contributed by atoms with E-state index in [-0.39, 0.29) is 0 Å². The fourth-order valence-electron chi connectivity index (χ4n) is 1.76. The Labute approximate surface area is 104 Å². The van der Waals surface area contributed by atoms with Gasteiger partial charge < -0.3 is 0 Å². The Balaban J connectivity index is 2.34. The van der Waals surface area contributed by atoms with Gasteiger partial charge in [0.05, 0.1) is 0 Å². The Hall–Kier alpha value is -0.490. The predicted octanol–water partition coefficient (Wildman–Crippen LogP) is 5.05. The Kier molecular flexibility index (Phi) is 3.59. The molecule has 2 aromatic rings. The van der Waals surface area contributed by atoms with Crippen LogP contribution in [0.25, 0.3) is 10.8 Å². The molecule has 0 aliphatic heterocycles. The normalized spacial score (nSPS) is 11.9. The van der Waals surface area contributed by atoms with E-state index in [1.165, 1.54) is 10.8 Å². The summed E-state index contributed by atoms with van der Waals surface area (Å²) in [6.07, 6.45) is 0.968. The van der Waals surface area contributed by atoms with Crippen LogP contribution >= 0.6 is 28.3 Å². The Morgan fingerprint density at radius 2 is 1.69 bits per heavy atom. The maximum Gasteiger partial charge on any atom is 0.253 e. The summed E-state index contributed by atoms with van der Waals surface area (Å²) in [7, 11) is 0. The zero-order valence-corrected chi connectivity index (χ0v) is 11.0.